The van der Waals surface area contributed by atoms with Crippen LogP contribution in [-0.4, -0.2) is 28.6 Å². The summed E-state index contributed by atoms with van der Waals surface area (Å²) < 4.78 is 5.29. The van der Waals surface area contributed by atoms with Gasteiger partial charge in [0.15, 0.2) is 0 Å². The van der Waals surface area contributed by atoms with Gasteiger partial charge in [0.25, 0.3) is 0 Å². The van der Waals surface area contributed by atoms with Crippen LogP contribution >= 0.6 is 11.6 Å². The van der Waals surface area contributed by atoms with Gasteiger partial charge in [0, 0.05) is 11.6 Å². The minimum Gasteiger partial charge on any atom is -0.481 e. The van der Waals surface area contributed by atoms with Crippen molar-refractivity contribution in [2.75, 3.05) is 6.54 Å². The van der Waals surface area contributed by atoms with Crippen molar-refractivity contribution < 1.29 is 19.4 Å². The van der Waals surface area contributed by atoms with Gasteiger partial charge < -0.3 is 14.7 Å². The predicted molar refractivity (Wildman–Crippen MR) is 90.7 cm³/mol. The maximum Gasteiger partial charge on any atom is 0.410 e. The van der Waals surface area contributed by atoms with Crippen LogP contribution in [0, 0.1) is 0 Å². The van der Waals surface area contributed by atoms with Gasteiger partial charge in [-0.25, -0.2) is 4.79 Å². The molecular formula is C18H18ClNO4. The van der Waals surface area contributed by atoms with E-state index in [9.17, 15) is 9.59 Å². The Morgan fingerprint density at radius 2 is 1.71 bits per heavy atom. The van der Waals surface area contributed by atoms with Gasteiger partial charge in [0.2, 0.25) is 0 Å². The fourth-order valence-electron chi connectivity index (χ4n) is 2.11. The molecule has 6 heteroatoms. The lowest BCUT2D eigenvalue weighted by molar-refractivity contribution is -0.137. The number of carbonyl (C=O) groups is 2. The quantitative estimate of drug-likeness (QED) is 0.823. The van der Waals surface area contributed by atoms with Crippen molar-refractivity contribution in [3.63, 3.8) is 0 Å². The summed E-state index contributed by atoms with van der Waals surface area (Å²) in [4.78, 5) is 24.5. The Kier molecular flexibility index (Phi) is 6.63. The van der Waals surface area contributed by atoms with Crippen molar-refractivity contribution in [3.05, 3.63) is 70.7 Å². The van der Waals surface area contributed by atoms with Gasteiger partial charge in [0.1, 0.15) is 6.61 Å². The molecule has 0 aromatic heterocycles. The smallest absolute Gasteiger partial charge is 0.410 e. The molecule has 0 aliphatic heterocycles. The van der Waals surface area contributed by atoms with Gasteiger partial charge in [-0.1, -0.05) is 60.1 Å². The zero-order chi connectivity index (χ0) is 17.4. The fraction of sp³-hybridized carbons (Fsp3) is 0.222. The topological polar surface area (TPSA) is 66.8 Å². The summed E-state index contributed by atoms with van der Waals surface area (Å²) in [6.07, 6.45) is -0.731. The summed E-state index contributed by atoms with van der Waals surface area (Å²) in [5.74, 6) is -0.977. The first-order chi connectivity index (χ1) is 11.6. The molecule has 0 fully saturated rings. The number of rotatable bonds is 7. The Labute approximate surface area is 145 Å². The second-order valence-electron chi connectivity index (χ2n) is 5.20. The minimum absolute atomic E-state index is 0.0498. The number of halogens is 1. The van der Waals surface area contributed by atoms with Crippen LogP contribution in [0.3, 0.4) is 0 Å². The van der Waals surface area contributed by atoms with E-state index in [1.54, 1.807) is 18.2 Å². The van der Waals surface area contributed by atoms with Crippen LogP contribution in [0.4, 0.5) is 4.79 Å². The lowest BCUT2D eigenvalue weighted by Gasteiger charge is -2.22. The number of nitrogens with zero attached hydrogens (tertiary/aromatic N) is 1. The molecule has 1 amide bonds. The van der Waals surface area contributed by atoms with Crippen LogP contribution in [0.15, 0.2) is 54.6 Å². The molecule has 0 aliphatic carbocycles. The van der Waals surface area contributed by atoms with Gasteiger partial charge in [0.05, 0.1) is 13.0 Å². The summed E-state index contributed by atoms with van der Waals surface area (Å²) in [6, 6.07) is 16.4. The van der Waals surface area contributed by atoms with Gasteiger partial charge in [-0.2, -0.15) is 0 Å². The van der Waals surface area contributed by atoms with Crippen molar-refractivity contribution in [1.29, 1.82) is 0 Å². The van der Waals surface area contributed by atoms with Gasteiger partial charge in [-0.3, -0.25) is 4.79 Å². The minimum atomic E-state index is -0.977. The lowest BCUT2D eigenvalue weighted by Crippen LogP contribution is -2.33. The number of carbonyl (C=O) groups excluding carboxylic acids is 1. The van der Waals surface area contributed by atoms with E-state index in [0.717, 1.165) is 11.1 Å². The summed E-state index contributed by atoms with van der Waals surface area (Å²) in [6.45, 7) is 0.376. The van der Waals surface area contributed by atoms with Crippen LogP contribution in [0.2, 0.25) is 5.02 Å². The van der Waals surface area contributed by atoms with Crippen LogP contribution < -0.4 is 0 Å². The third kappa shape index (κ3) is 5.59. The highest BCUT2D eigenvalue weighted by atomic mass is 35.5. The van der Waals surface area contributed by atoms with E-state index in [-0.39, 0.29) is 26.1 Å². The molecule has 0 saturated heterocycles. The summed E-state index contributed by atoms with van der Waals surface area (Å²) in [7, 11) is 0. The molecule has 0 atom stereocenters. The lowest BCUT2D eigenvalue weighted by atomic mass is 10.2. The molecule has 2 aromatic carbocycles. The Morgan fingerprint density at radius 1 is 1.04 bits per heavy atom. The Morgan fingerprint density at radius 3 is 2.38 bits per heavy atom. The third-order valence-corrected chi connectivity index (χ3v) is 3.75. The van der Waals surface area contributed by atoms with Crippen molar-refractivity contribution >= 4 is 23.7 Å². The summed E-state index contributed by atoms with van der Waals surface area (Å²) in [5.41, 5.74) is 1.60. The average molecular weight is 348 g/mol. The van der Waals surface area contributed by atoms with Crippen LogP contribution in [-0.2, 0) is 22.7 Å². The van der Waals surface area contributed by atoms with Gasteiger partial charge >= 0.3 is 12.1 Å². The second kappa shape index (κ2) is 8.93. The van der Waals surface area contributed by atoms with Gasteiger partial charge in [-0.15, -0.1) is 0 Å². The Bertz CT molecular complexity index is 690. The zero-order valence-corrected chi connectivity index (χ0v) is 13.8. The molecule has 2 aromatic rings. The monoisotopic (exact) mass is 347 g/mol. The largest absolute Gasteiger partial charge is 0.481 e. The maximum absolute atomic E-state index is 12.3. The first-order valence-corrected chi connectivity index (χ1v) is 7.85. The Balaban J connectivity index is 2.02. The number of benzene rings is 2. The van der Waals surface area contributed by atoms with Crippen molar-refractivity contribution in [2.24, 2.45) is 0 Å². The van der Waals surface area contributed by atoms with E-state index < -0.39 is 12.1 Å². The standard InChI is InChI=1S/C18H18ClNO4/c19-16-9-5-4-8-15(16)12-20(11-10-17(21)22)18(23)24-13-14-6-2-1-3-7-14/h1-9H,10-13H2,(H,21,22). The second-order valence-corrected chi connectivity index (χ2v) is 5.60. The highest BCUT2D eigenvalue weighted by Crippen LogP contribution is 2.18. The van der Waals surface area contributed by atoms with Crippen molar-refractivity contribution in [1.82, 2.24) is 4.90 Å². The highest BCUT2D eigenvalue weighted by Gasteiger charge is 2.18. The zero-order valence-electron chi connectivity index (χ0n) is 13.0. The number of carboxylic acids is 1. The Hall–Kier alpha value is -2.53. The molecule has 0 saturated carbocycles. The molecule has 0 heterocycles. The van der Waals surface area contributed by atoms with Gasteiger partial charge in [-0.05, 0) is 17.2 Å². The molecule has 126 valence electrons. The summed E-state index contributed by atoms with van der Waals surface area (Å²) >= 11 is 6.11. The maximum atomic E-state index is 12.3. The number of aliphatic carboxylic acids is 1. The number of ether oxygens (including phenoxy) is 1. The highest BCUT2D eigenvalue weighted by molar-refractivity contribution is 6.31. The number of amides is 1. The molecule has 0 spiro atoms. The summed E-state index contributed by atoms with van der Waals surface area (Å²) in [5, 5.41) is 9.39. The molecular weight excluding hydrogens is 330 g/mol. The average Bonchev–Trinajstić information content (AvgIpc) is 2.58. The first-order valence-electron chi connectivity index (χ1n) is 7.47. The van der Waals surface area contributed by atoms with E-state index >= 15 is 0 Å². The van der Waals surface area contributed by atoms with E-state index in [4.69, 9.17) is 21.4 Å². The molecule has 0 bridgehead atoms. The molecule has 0 unspecified atom stereocenters. The molecule has 0 radical (unpaired) electrons. The molecule has 2 rings (SSSR count). The predicted octanol–water partition coefficient (Wildman–Crippen LogP) is 3.95. The SMILES string of the molecule is O=C(O)CCN(Cc1ccccc1Cl)C(=O)OCc1ccccc1. The number of hydrogen-bond acceptors (Lipinski definition) is 3. The van der Waals surface area contributed by atoms with Crippen LogP contribution in [0.1, 0.15) is 17.5 Å². The van der Waals surface area contributed by atoms with E-state index in [2.05, 4.69) is 0 Å². The fourth-order valence-corrected chi connectivity index (χ4v) is 2.30. The van der Waals surface area contributed by atoms with Crippen LogP contribution in [0.25, 0.3) is 0 Å². The van der Waals surface area contributed by atoms with E-state index in [0.29, 0.717) is 5.02 Å². The molecule has 5 nitrogen and oxygen atoms in total. The first kappa shape index (κ1) is 17.8. The number of carboxylic acid groups (broad SMARTS) is 1. The van der Waals surface area contributed by atoms with Crippen LogP contribution in [0.5, 0.6) is 0 Å². The molecule has 0 aliphatic rings. The van der Waals surface area contributed by atoms with Crippen molar-refractivity contribution in [3.8, 4) is 0 Å². The van der Waals surface area contributed by atoms with Crippen molar-refractivity contribution in [2.45, 2.75) is 19.6 Å². The van der Waals surface area contributed by atoms with E-state index in [1.165, 1.54) is 4.90 Å². The molecule has 24 heavy (non-hydrogen) atoms. The molecule has 1 N–H and O–H groups in total. The number of hydrogen-bond donors (Lipinski definition) is 1. The third-order valence-electron chi connectivity index (χ3n) is 3.38. The normalized spacial score (nSPS) is 10.2. The van der Waals surface area contributed by atoms with E-state index in [1.807, 2.05) is 36.4 Å².